The van der Waals surface area contributed by atoms with Crippen LogP contribution in [0.25, 0.3) is 0 Å². The van der Waals surface area contributed by atoms with Crippen molar-refractivity contribution in [3.63, 3.8) is 0 Å². The highest BCUT2D eigenvalue weighted by molar-refractivity contribution is 6.76. The fourth-order valence-corrected chi connectivity index (χ4v) is 5.75. The average Bonchev–Trinajstić information content (AvgIpc) is 2.06. The molecule has 1 aliphatic rings. The fraction of sp³-hybridized carbons (Fsp3) is 1.00. The van der Waals surface area contributed by atoms with Crippen LogP contribution in [0.1, 0.15) is 20.8 Å². The zero-order chi connectivity index (χ0) is 8.81. The molecule has 0 aromatic carbocycles. The van der Waals surface area contributed by atoms with Gasteiger partial charge in [0.1, 0.15) is 8.24 Å². The predicted octanol–water partition coefficient (Wildman–Crippen LogP) is 2.55. The van der Waals surface area contributed by atoms with Crippen LogP contribution in [-0.4, -0.2) is 25.9 Å². The first-order valence-electron chi connectivity index (χ1n) is 4.62. The molecule has 0 aliphatic carbocycles. The molecule has 0 aromatic rings. The second kappa shape index (κ2) is 2.59. The van der Waals surface area contributed by atoms with E-state index in [1.165, 1.54) is 0 Å². The molecule has 1 rings (SSSR count). The largest absolute Gasteiger partial charge is 0.323 e. The van der Waals surface area contributed by atoms with E-state index in [4.69, 9.17) is 0 Å². The molecule has 1 fully saturated rings. The van der Waals surface area contributed by atoms with Gasteiger partial charge in [-0.15, -0.1) is 0 Å². The van der Waals surface area contributed by atoms with Gasteiger partial charge >= 0.3 is 0 Å². The van der Waals surface area contributed by atoms with Crippen molar-refractivity contribution in [2.24, 2.45) is 5.92 Å². The summed E-state index contributed by atoms with van der Waals surface area (Å²) in [4.78, 5) is 0. The molecule has 0 amide bonds. The number of nitrogens with zero attached hydrogens (tertiary/aromatic N) is 1. The Kier molecular flexibility index (Phi) is 2.19. The minimum Gasteiger partial charge on any atom is -0.323 e. The SMILES string of the molecule is CC1C(C)N(C)[Si](C)(C)C1C. The summed E-state index contributed by atoms with van der Waals surface area (Å²) in [6.45, 7) is 12.2. The summed E-state index contributed by atoms with van der Waals surface area (Å²) in [7, 11) is 1.26. The van der Waals surface area contributed by atoms with Crippen molar-refractivity contribution in [2.75, 3.05) is 7.05 Å². The molecule has 2 heteroatoms. The van der Waals surface area contributed by atoms with Gasteiger partial charge in [0.05, 0.1) is 0 Å². The summed E-state index contributed by atoms with van der Waals surface area (Å²) in [5, 5.41) is 0. The lowest BCUT2D eigenvalue weighted by Gasteiger charge is -2.30. The minimum atomic E-state index is -1.04. The Hall–Kier alpha value is 0.177. The van der Waals surface area contributed by atoms with E-state index in [0.29, 0.717) is 0 Å². The average molecular weight is 171 g/mol. The number of hydrogen-bond acceptors (Lipinski definition) is 1. The van der Waals surface area contributed by atoms with Gasteiger partial charge in [-0.25, -0.2) is 0 Å². The Morgan fingerprint density at radius 1 is 1.09 bits per heavy atom. The smallest absolute Gasteiger partial charge is 0.125 e. The predicted molar refractivity (Wildman–Crippen MR) is 53.3 cm³/mol. The molecule has 0 radical (unpaired) electrons. The van der Waals surface area contributed by atoms with Crippen LogP contribution >= 0.6 is 0 Å². The number of hydrogen-bond donors (Lipinski definition) is 0. The van der Waals surface area contributed by atoms with Gasteiger partial charge in [0.15, 0.2) is 0 Å². The first-order valence-corrected chi connectivity index (χ1v) is 7.64. The van der Waals surface area contributed by atoms with Gasteiger partial charge in [-0.2, -0.15) is 0 Å². The third-order valence-electron chi connectivity index (χ3n) is 4.18. The van der Waals surface area contributed by atoms with E-state index in [0.717, 1.165) is 17.5 Å². The van der Waals surface area contributed by atoms with E-state index in [2.05, 4.69) is 45.5 Å². The molecular weight excluding hydrogens is 150 g/mol. The molecule has 0 saturated carbocycles. The van der Waals surface area contributed by atoms with E-state index in [1.54, 1.807) is 0 Å². The van der Waals surface area contributed by atoms with Gasteiger partial charge in [0.25, 0.3) is 0 Å². The highest BCUT2D eigenvalue weighted by Gasteiger charge is 2.47. The summed E-state index contributed by atoms with van der Waals surface area (Å²) >= 11 is 0. The summed E-state index contributed by atoms with van der Waals surface area (Å²) < 4.78 is 2.64. The lowest BCUT2D eigenvalue weighted by molar-refractivity contribution is 0.350. The molecule has 66 valence electrons. The monoisotopic (exact) mass is 171 g/mol. The Balaban J connectivity index is 2.87. The highest BCUT2D eigenvalue weighted by Crippen LogP contribution is 2.42. The van der Waals surface area contributed by atoms with Crippen molar-refractivity contribution in [3.05, 3.63) is 0 Å². The van der Waals surface area contributed by atoms with Crippen molar-refractivity contribution in [1.82, 2.24) is 4.57 Å². The van der Waals surface area contributed by atoms with Crippen molar-refractivity contribution in [2.45, 2.75) is 45.4 Å². The fourth-order valence-electron chi connectivity index (χ4n) is 2.26. The molecule has 1 heterocycles. The van der Waals surface area contributed by atoms with Crippen LogP contribution in [-0.2, 0) is 0 Å². The van der Waals surface area contributed by atoms with Gasteiger partial charge in [0, 0.05) is 6.04 Å². The Bertz CT molecular complexity index is 140. The second-order valence-corrected chi connectivity index (χ2v) is 9.58. The van der Waals surface area contributed by atoms with Crippen molar-refractivity contribution in [1.29, 1.82) is 0 Å². The summed E-state index contributed by atoms with van der Waals surface area (Å²) in [5.74, 6) is 0.890. The van der Waals surface area contributed by atoms with Crippen LogP contribution in [0, 0.1) is 5.92 Å². The van der Waals surface area contributed by atoms with E-state index >= 15 is 0 Å². The molecule has 3 atom stereocenters. The second-order valence-electron chi connectivity index (χ2n) is 4.65. The first-order chi connectivity index (χ1) is 4.89. The van der Waals surface area contributed by atoms with Gasteiger partial charge in [-0.3, -0.25) is 0 Å². The van der Waals surface area contributed by atoms with E-state index < -0.39 is 8.24 Å². The van der Waals surface area contributed by atoms with Crippen LogP contribution in [0.2, 0.25) is 18.6 Å². The van der Waals surface area contributed by atoms with Crippen LogP contribution in [0.15, 0.2) is 0 Å². The van der Waals surface area contributed by atoms with Gasteiger partial charge in [-0.05, 0) is 25.4 Å². The van der Waals surface area contributed by atoms with Crippen molar-refractivity contribution in [3.8, 4) is 0 Å². The molecule has 0 aromatic heterocycles. The normalized spacial score (nSPS) is 44.7. The van der Waals surface area contributed by atoms with Crippen LogP contribution < -0.4 is 0 Å². The molecule has 0 spiro atoms. The topological polar surface area (TPSA) is 3.24 Å². The Morgan fingerprint density at radius 3 is 1.64 bits per heavy atom. The molecule has 1 saturated heterocycles. The molecule has 11 heavy (non-hydrogen) atoms. The van der Waals surface area contributed by atoms with Gasteiger partial charge in [-0.1, -0.05) is 26.9 Å². The van der Waals surface area contributed by atoms with Crippen LogP contribution in [0.5, 0.6) is 0 Å². The van der Waals surface area contributed by atoms with Crippen molar-refractivity contribution < 1.29 is 0 Å². The maximum atomic E-state index is 2.64. The van der Waals surface area contributed by atoms with E-state index in [9.17, 15) is 0 Å². The van der Waals surface area contributed by atoms with Gasteiger partial charge < -0.3 is 4.57 Å². The summed E-state index contributed by atoms with van der Waals surface area (Å²) in [6.07, 6.45) is 0. The third kappa shape index (κ3) is 1.16. The maximum Gasteiger partial charge on any atom is 0.125 e. The van der Waals surface area contributed by atoms with Crippen molar-refractivity contribution >= 4 is 8.24 Å². The first kappa shape index (κ1) is 9.27. The van der Waals surface area contributed by atoms with E-state index in [-0.39, 0.29) is 0 Å². The standard InChI is InChI=1S/C9H21NSi/c1-7-8(2)10(4)11(5,6)9(7)3/h7-9H,1-6H3. The Morgan fingerprint density at radius 2 is 1.55 bits per heavy atom. The Labute approximate surface area is 71.9 Å². The molecule has 1 nitrogen and oxygen atoms in total. The molecule has 1 aliphatic heterocycles. The zero-order valence-electron chi connectivity index (χ0n) is 8.68. The van der Waals surface area contributed by atoms with Crippen LogP contribution in [0.4, 0.5) is 0 Å². The highest BCUT2D eigenvalue weighted by atomic mass is 28.3. The number of rotatable bonds is 0. The molecule has 0 bridgehead atoms. The summed E-state index contributed by atoms with van der Waals surface area (Å²) in [6, 6.07) is 0.798. The van der Waals surface area contributed by atoms with Gasteiger partial charge in [0.2, 0.25) is 0 Å². The quantitative estimate of drug-likeness (QED) is 0.506. The van der Waals surface area contributed by atoms with Crippen LogP contribution in [0.3, 0.4) is 0 Å². The maximum absolute atomic E-state index is 2.64. The summed E-state index contributed by atoms with van der Waals surface area (Å²) in [5.41, 5.74) is 0.947. The zero-order valence-corrected chi connectivity index (χ0v) is 9.68. The lowest BCUT2D eigenvalue weighted by Crippen LogP contribution is -2.45. The minimum absolute atomic E-state index is 0.798. The molecule has 0 N–H and O–H groups in total. The lowest BCUT2D eigenvalue weighted by atomic mass is 10.0. The molecular formula is C9H21NSi. The molecule has 3 unspecified atom stereocenters. The van der Waals surface area contributed by atoms with E-state index in [1.807, 2.05) is 0 Å². The third-order valence-corrected chi connectivity index (χ3v) is 9.16.